The number of carbonyl (C=O) groups is 3. The van der Waals surface area contributed by atoms with Crippen LogP contribution < -0.4 is 10.6 Å². The predicted molar refractivity (Wildman–Crippen MR) is 52.9 cm³/mol. The van der Waals surface area contributed by atoms with Crippen LogP contribution in [0.4, 0.5) is 4.79 Å². The zero-order valence-corrected chi connectivity index (χ0v) is 8.77. The number of hydrogen-bond acceptors (Lipinski definition) is 3. The van der Waals surface area contributed by atoms with Gasteiger partial charge >= 0.3 is 18.0 Å². The fraction of sp³-hybridized carbons (Fsp3) is 0.667. The van der Waals surface area contributed by atoms with Crippen molar-refractivity contribution < 1.29 is 24.6 Å². The van der Waals surface area contributed by atoms with Crippen molar-refractivity contribution in [2.75, 3.05) is 0 Å². The van der Waals surface area contributed by atoms with Crippen molar-refractivity contribution in [2.45, 2.75) is 31.8 Å². The van der Waals surface area contributed by atoms with E-state index in [1.807, 2.05) is 6.92 Å². The summed E-state index contributed by atoms with van der Waals surface area (Å²) < 4.78 is 0. The molecule has 0 heterocycles. The van der Waals surface area contributed by atoms with Gasteiger partial charge in [-0.3, -0.25) is 4.79 Å². The molecule has 0 bridgehead atoms. The first-order valence-corrected chi connectivity index (χ1v) is 4.91. The summed E-state index contributed by atoms with van der Waals surface area (Å²) >= 11 is 0. The fourth-order valence-corrected chi connectivity index (χ4v) is 1.27. The number of nitrogens with one attached hydrogen (secondary N) is 2. The van der Waals surface area contributed by atoms with Gasteiger partial charge in [0.2, 0.25) is 0 Å². The predicted octanol–water partition coefficient (Wildman–Crippen LogP) is -0.378. The summed E-state index contributed by atoms with van der Waals surface area (Å²) in [5.41, 5.74) is 0. The normalized spacial score (nSPS) is 24.3. The topological polar surface area (TPSA) is 116 Å². The van der Waals surface area contributed by atoms with Gasteiger partial charge in [0.05, 0.1) is 6.42 Å². The molecule has 0 saturated heterocycles. The second kappa shape index (κ2) is 4.82. The third-order valence-electron chi connectivity index (χ3n) is 2.41. The molecule has 0 aromatic heterocycles. The average Bonchev–Trinajstić information content (AvgIpc) is 2.79. The highest BCUT2D eigenvalue weighted by Gasteiger charge is 2.34. The van der Waals surface area contributed by atoms with Crippen molar-refractivity contribution in [3.8, 4) is 0 Å². The monoisotopic (exact) mass is 230 g/mol. The SMILES string of the molecule is CC1CC1NC(=O)N[C@@H](CC(=O)O)C(=O)O. The molecule has 1 rings (SSSR count). The fourth-order valence-electron chi connectivity index (χ4n) is 1.27. The van der Waals surface area contributed by atoms with E-state index in [1.54, 1.807) is 0 Å². The van der Waals surface area contributed by atoms with Crippen molar-refractivity contribution in [1.29, 1.82) is 0 Å². The van der Waals surface area contributed by atoms with Crippen molar-refractivity contribution in [2.24, 2.45) is 5.92 Å². The van der Waals surface area contributed by atoms with Gasteiger partial charge in [-0.15, -0.1) is 0 Å². The molecule has 1 aliphatic carbocycles. The van der Waals surface area contributed by atoms with Gasteiger partial charge in [0.25, 0.3) is 0 Å². The van der Waals surface area contributed by atoms with Crippen LogP contribution in [0.1, 0.15) is 19.8 Å². The van der Waals surface area contributed by atoms with Crippen LogP contribution >= 0.6 is 0 Å². The van der Waals surface area contributed by atoms with Crippen molar-refractivity contribution in [3.63, 3.8) is 0 Å². The number of carboxylic acids is 2. The number of rotatable bonds is 5. The summed E-state index contributed by atoms with van der Waals surface area (Å²) in [5.74, 6) is -2.23. The van der Waals surface area contributed by atoms with Gasteiger partial charge in [-0.2, -0.15) is 0 Å². The van der Waals surface area contributed by atoms with Crippen LogP contribution in [0.2, 0.25) is 0 Å². The molecule has 7 nitrogen and oxygen atoms in total. The molecule has 3 atom stereocenters. The van der Waals surface area contributed by atoms with Crippen LogP contribution in [0.5, 0.6) is 0 Å². The van der Waals surface area contributed by atoms with E-state index >= 15 is 0 Å². The lowest BCUT2D eigenvalue weighted by atomic mass is 10.2. The molecule has 7 heteroatoms. The van der Waals surface area contributed by atoms with Gasteiger partial charge in [0.15, 0.2) is 0 Å². The number of hydrogen-bond donors (Lipinski definition) is 4. The van der Waals surface area contributed by atoms with Crippen molar-refractivity contribution >= 4 is 18.0 Å². The maximum absolute atomic E-state index is 11.3. The molecule has 0 spiro atoms. The van der Waals surface area contributed by atoms with Crippen molar-refractivity contribution in [3.05, 3.63) is 0 Å². The van der Waals surface area contributed by atoms with Crippen LogP contribution in [0.25, 0.3) is 0 Å². The lowest BCUT2D eigenvalue weighted by Crippen LogP contribution is -2.47. The van der Waals surface area contributed by atoms with Gasteiger partial charge in [0.1, 0.15) is 6.04 Å². The molecule has 1 saturated carbocycles. The van der Waals surface area contributed by atoms with E-state index in [4.69, 9.17) is 10.2 Å². The highest BCUT2D eigenvalue weighted by Crippen LogP contribution is 2.28. The molecule has 1 fully saturated rings. The maximum Gasteiger partial charge on any atom is 0.326 e. The lowest BCUT2D eigenvalue weighted by Gasteiger charge is -2.12. The number of urea groups is 1. The standard InChI is InChI=1S/C9H14N2O5/c1-4-2-5(4)10-9(16)11-6(8(14)15)3-7(12)13/h4-6H,2-3H2,1H3,(H,12,13)(H,14,15)(H2,10,11,16)/t4?,5?,6-/m0/s1. The van der Waals surface area contributed by atoms with Crippen LogP contribution in [0.3, 0.4) is 0 Å². The average molecular weight is 230 g/mol. The number of amides is 2. The second-order valence-electron chi connectivity index (χ2n) is 3.93. The third kappa shape index (κ3) is 3.76. The highest BCUT2D eigenvalue weighted by molar-refractivity contribution is 5.86. The van der Waals surface area contributed by atoms with E-state index in [2.05, 4.69) is 10.6 Å². The van der Waals surface area contributed by atoms with Crippen molar-refractivity contribution in [1.82, 2.24) is 10.6 Å². The zero-order chi connectivity index (χ0) is 12.3. The molecular weight excluding hydrogens is 216 g/mol. The van der Waals surface area contributed by atoms with Gasteiger partial charge in [-0.05, 0) is 12.3 Å². The van der Waals surface area contributed by atoms with Gasteiger partial charge < -0.3 is 20.8 Å². The first-order valence-electron chi connectivity index (χ1n) is 4.91. The third-order valence-corrected chi connectivity index (χ3v) is 2.41. The molecule has 2 unspecified atom stereocenters. The highest BCUT2D eigenvalue weighted by atomic mass is 16.4. The molecule has 0 aliphatic heterocycles. The Labute approximate surface area is 91.8 Å². The first-order chi connectivity index (χ1) is 7.40. The molecule has 0 aromatic rings. The summed E-state index contributed by atoms with van der Waals surface area (Å²) in [6.07, 6.45) is 0.229. The Morgan fingerprint density at radius 2 is 1.94 bits per heavy atom. The quantitative estimate of drug-likeness (QED) is 0.514. The Kier molecular flexibility index (Phi) is 3.70. The minimum atomic E-state index is -1.40. The number of carboxylic acid groups (broad SMARTS) is 2. The summed E-state index contributed by atoms with van der Waals surface area (Å²) in [4.78, 5) is 32.2. The Morgan fingerprint density at radius 1 is 1.38 bits per heavy atom. The van der Waals surface area contributed by atoms with Gasteiger partial charge in [-0.25, -0.2) is 9.59 Å². The Morgan fingerprint density at radius 3 is 2.31 bits per heavy atom. The summed E-state index contributed by atoms with van der Waals surface area (Å²) in [7, 11) is 0. The van der Waals surface area contributed by atoms with E-state index < -0.39 is 30.4 Å². The summed E-state index contributed by atoms with van der Waals surface area (Å²) in [5, 5.41) is 21.8. The summed E-state index contributed by atoms with van der Waals surface area (Å²) in [6, 6.07) is -1.96. The maximum atomic E-state index is 11.3. The van der Waals surface area contributed by atoms with E-state index in [0.717, 1.165) is 6.42 Å². The van der Waals surface area contributed by atoms with Gasteiger partial charge in [-0.1, -0.05) is 6.92 Å². The van der Waals surface area contributed by atoms with E-state index in [9.17, 15) is 14.4 Å². The van der Waals surface area contributed by atoms with E-state index in [1.165, 1.54) is 0 Å². The largest absolute Gasteiger partial charge is 0.481 e. The Balaban J connectivity index is 2.38. The molecular formula is C9H14N2O5. The molecule has 1 aliphatic rings. The molecule has 16 heavy (non-hydrogen) atoms. The second-order valence-corrected chi connectivity index (χ2v) is 3.93. The molecule has 0 aromatic carbocycles. The van der Waals surface area contributed by atoms with Crippen LogP contribution in [0.15, 0.2) is 0 Å². The minimum Gasteiger partial charge on any atom is -0.481 e. The van der Waals surface area contributed by atoms with E-state index in [-0.39, 0.29) is 6.04 Å². The summed E-state index contributed by atoms with van der Waals surface area (Å²) in [6.45, 7) is 1.96. The van der Waals surface area contributed by atoms with Gasteiger partial charge in [0, 0.05) is 6.04 Å². The molecule has 90 valence electrons. The number of aliphatic carboxylic acids is 2. The van der Waals surface area contributed by atoms with E-state index in [0.29, 0.717) is 5.92 Å². The Bertz CT molecular complexity index is 317. The van der Waals surface area contributed by atoms with Crippen LogP contribution in [-0.4, -0.2) is 40.3 Å². The Hall–Kier alpha value is -1.79. The minimum absolute atomic E-state index is 0.0688. The molecule has 2 amide bonds. The first kappa shape index (κ1) is 12.3. The van der Waals surface area contributed by atoms with Crippen LogP contribution in [-0.2, 0) is 9.59 Å². The van der Waals surface area contributed by atoms with Crippen LogP contribution in [0, 0.1) is 5.92 Å². The number of carbonyl (C=O) groups excluding carboxylic acids is 1. The lowest BCUT2D eigenvalue weighted by molar-refractivity contribution is -0.145. The molecule has 0 radical (unpaired) electrons. The zero-order valence-electron chi connectivity index (χ0n) is 8.77. The molecule has 4 N–H and O–H groups in total. The smallest absolute Gasteiger partial charge is 0.326 e.